The van der Waals surface area contributed by atoms with Gasteiger partial charge in [0.15, 0.2) is 17.4 Å². The molecule has 4 N–H and O–H groups in total. The fourth-order valence-electron chi connectivity index (χ4n) is 3.59. The molecule has 0 bridgehead atoms. The smallest absolute Gasteiger partial charge is 0.393 e. The Kier molecular flexibility index (Phi) is 5.11. The van der Waals surface area contributed by atoms with Crippen molar-refractivity contribution in [1.82, 2.24) is 19.5 Å². The fraction of sp³-hybridized carbons (Fsp3) is 0.647. The molecule has 5 atom stereocenters. The number of aliphatic hydroxyl groups excluding tert-OH is 1. The maximum atomic E-state index is 12.7. The van der Waals surface area contributed by atoms with Crippen molar-refractivity contribution in [1.29, 1.82) is 0 Å². The number of nitrogen functional groups attached to an aromatic ring is 1. The van der Waals surface area contributed by atoms with Crippen LogP contribution in [-0.4, -0.2) is 66.0 Å². The van der Waals surface area contributed by atoms with E-state index in [4.69, 9.17) is 24.3 Å². The summed E-state index contributed by atoms with van der Waals surface area (Å²) in [6, 6.07) is 0. The second kappa shape index (κ2) is 7.19. The van der Waals surface area contributed by atoms with E-state index in [1.165, 1.54) is 18.0 Å². The Labute approximate surface area is 177 Å². The molecule has 2 fully saturated rings. The fourth-order valence-corrected chi connectivity index (χ4v) is 5.55. The number of nitrogens with two attached hydrogens (primary N) is 1. The molecule has 170 valence electrons. The summed E-state index contributed by atoms with van der Waals surface area (Å²) in [4.78, 5) is 24.9. The maximum absolute atomic E-state index is 12.7. The Morgan fingerprint density at radius 3 is 2.74 bits per heavy atom. The van der Waals surface area contributed by atoms with Crippen molar-refractivity contribution in [2.24, 2.45) is 0 Å². The third-order valence-electron chi connectivity index (χ3n) is 5.23. The summed E-state index contributed by atoms with van der Waals surface area (Å²) in [7, 11) is -2.29. The lowest BCUT2D eigenvalue weighted by Crippen LogP contribution is -2.35. The topological polar surface area (TPSA) is 184 Å². The number of aromatic nitrogens is 4. The number of ketones is 1. The summed E-state index contributed by atoms with van der Waals surface area (Å²) in [6.45, 7) is 4.82. The number of ether oxygens (including phenoxy) is 2. The first-order chi connectivity index (χ1) is 14.4. The van der Waals surface area contributed by atoms with Gasteiger partial charge in [-0.3, -0.25) is 23.0 Å². The number of Topliss-reactive ketones (excluding diaryl/α,β-unsaturated/α-hetero) is 1. The van der Waals surface area contributed by atoms with E-state index >= 15 is 0 Å². The number of anilines is 1. The number of methoxy groups -OCH3 is 1. The average molecular weight is 457 g/mol. The predicted octanol–water partition coefficient (Wildman–Crippen LogP) is 0.709. The second-order valence-electron chi connectivity index (χ2n) is 8.03. The van der Waals surface area contributed by atoms with Gasteiger partial charge in [0.05, 0.1) is 25.1 Å². The van der Waals surface area contributed by atoms with Gasteiger partial charge in [-0.1, -0.05) is 6.92 Å². The van der Waals surface area contributed by atoms with Crippen LogP contribution in [0.25, 0.3) is 11.2 Å². The maximum Gasteiger partial charge on any atom is 0.393 e. The molecule has 13 nitrogen and oxygen atoms in total. The molecular formula is C17H24N5O8P. The number of nitrogens with zero attached hydrogens (tertiary/aromatic N) is 4. The van der Waals surface area contributed by atoms with Crippen LogP contribution in [0.1, 0.15) is 39.8 Å². The highest BCUT2D eigenvalue weighted by Crippen LogP contribution is 2.79. The summed E-state index contributed by atoms with van der Waals surface area (Å²) in [5, 5.41) is 20.5. The van der Waals surface area contributed by atoms with Crippen molar-refractivity contribution in [2.75, 3.05) is 12.8 Å². The molecule has 0 aliphatic carbocycles. The lowest BCUT2D eigenvalue weighted by atomic mass is 9.97. The highest BCUT2D eigenvalue weighted by atomic mass is 31.2. The number of carbonyl (C=O) groups excluding carboxylic acids is 1. The van der Waals surface area contributed by atoms with Gasteiger partial charge in [0.25, 0.3) is 5.53 Å². The number of fused-ring (bicyclic) bond motifs is 1. The summed E-state index contributed by atoms with van der Waals surface area (Å²) < 4.78 is 35.3. The zero-order chi connectivity index (χ0) is 22.8. The van der Waals surface area contributed by atoms with Gasteiger partial charge in [-0.05, 0) is 13.8 Å². The Hall–Kier alpha value is -2.15. The summed E-state index contributed by atoms with van der Waals surface area (Å²) >= 11 is 0. The predicted molar refractivity (Wildman–Crippen MR) is 105 cm³/mol. The van der Waals surface area contributed by atoms with E-state index in [1.807, 2.05) is 0 Å². The first-order valence-corrected chi connectivity index (χ1v) is 11.1. The van der Waals surface area contributed by atoms with Crippen molar-refractivity contribution < 1.29 is 38.1 Å². The molecule has 2 aromatic rings. The van der Waals surface area contributed by atoms with Crippen LogP contribution in [0, 0.1) is 0 Å². The summed E-state index contributed by atoms with van der Waals surface area (Å²) in [6.07, 6.45) is -2.26. The molecule has 0 spiro atoms. The molecule has 2 aliphatic rings. The van der Waals surface area contributed by atoms with Gasteiger partial charge in [0.2, 0.25) is 17.6 Å². The van der Waals surface area contributed by atoms with Crippen LogP contribution in [0.5, 0.6) is 5.88 Å². The lowest BCUT2D eigenvalue weighted by Gasteiger charge is -2.27. The molecule has 2 saturated heterocycles. The Morgan fingerprint density at radius 1 is 1.42 bits per heavy atom. The normalized spacial score (nSPS) is 33.2. The van der Waals surface area contributed by atoms with Crippen LogP contribution in [0.15, 0.2) is 6.33 Å². The minimum Gasteiger partial charge on any atom is -0.479 e. The number of hydrogen-bond donors (Lipinski definition) is 3. The van der Waals surface area contributed by atoms with Crippen LogP contribution in [-0.2, 0) is 23.1 Å². The zero-order valence-electron chi connectivity index (χ0n) is 17.4. The molecule has 4 rings (SSSR count). The molecule has 5 unspecified atom stereocenters. The van der Waals surface area contributed by atoms with Crippen LogP contribution >= 0.6 is 7.60 Å². The van der Waals surface area contributed by atoms with Gasteiger partial charge >= 0.3 is 7.60 Å². The van der Waals surface area contributed by atoms with Crippen molar-refractivity contribution >= 4 is 30.5 Å². The van der Waals surface area contributed by atoms with Gasteiger partial charge in [0.1, 0.15) is 6.10 Å². The molecule has 4 heterocycles. The van der Waals surface area contributed by atoms with Gasteiger partial charge in [0, 0.05) is 12.8 Å². The molecule has 0 radical (unpaired) electrons. The van der Waals surface area contributed by atoms with Crippen LogP contribution in [0.4, 0.5) is 5.95 Å². The van der Waals surface area contributed by atoms with Gasteiger partial charge in [-0.25, -0.2) is 4.98 Å². The second-order valence-corrected chi connectivity index (χ2v) is 10.1. The number of aliphatic hydroxyl groups is 2. The number of imidazole rings is 1. The third-order valence-corrected chi connectivity index (χ3v) is 7.60. The minimum atomic E-state index is -3.69. The SMILES string of the molecule is CCC1(O)OP1(=O)OC(C)(C)CC1OC(n2cnc3c(OC)nc(N)nc32)C(=O)C1O. The van der Waals surface area contributed by atoms with E-state index in [0.717, 1.165) is 0 Å². The van der Waals surface area contributed by atoms with Crippen LogP contribution in [0.3, 0.4) is 0 Å². The Bertz CT molecular complexity index is 1090. The first kappa shape index (κ1) is 22.1. The quantitative estimate of drug-likeness (QED) is 0.391. The molecule has 0 aromatic carbocycles. The van der Waals surface area contributed by atoms with Crippen molar-refractivity contribution in [3.63, 3.8) is 0 Å². The highest BCUT2D eigenvalue weighted by molar-refractivity contribution is 7.61. The number of rotatable bonds is 7. The number of carbonyl (C=O) groups is 1. The Morgan fingerprint density at radius 2 is 2.13 bits per heavy atom. The summed E-state index contributed by atoms with van der Waals surface area (Å²) in [5.74, 6) is -0.563. The molecule has 31 heavy (non-hydrogen) atoms. The van der Waals surface area contributed by atoms with E-state index in [2.05, 4.69) is 15.0 Å². The first-order valence-electron chi connectivity index (χ1n) is 9.59. The van der Waals surface area contributed by atoms with Crippen molar-refractivity contribution in [3.05, 3.63) is 6.33 Å². The molecule has 0 amide bonds. The van der Waals surface area contributed by atoms with Gasteiger partial charge in [-0.2, -0.15) is 9.97 Å². The largest absolute Gasteiger partial charge is 0.479 e. The van der Waals surface area contributed by atoms with Crippen molar-refractivity contribution in [2.45, 2.75) is 63.2 Å². The van der Waals surface area contributed by atoms with Crippen LogP contribution in [0.2, 0.25) is 0 Å². The van der Waals surface area contributed by atoms with Gasteiger partial charge in [-0.15, -0.1) is 0 Å². The monoisotopic (exact) mass is 457 g/mol. The summed E-state index contributed by atoms with van der Waals surface area (Å²) in [5.41, 5.74) is 3.25. The van der Waals surface area contributed by atoms with E-state index in [-0.39, 0.29) is 35.8 Å². The van der Waals surface area contributed by atoms with E-state index in [0.29, 0.717) is 0 Å². The standard InChI is InChI=1S/C17H24N5O8P/c1-5-17(25)30-31(17,26)29-16(2,3)6-8-10(23)11(24)14(28-8)22-7-19-9-12(22)20-15(18)21-13(9)27-4/h7-8,10,14,23,25H,5-6H2,1-4H3,(H2,18,20,21). The number of hydrogen-bond acceptors (Lipinski definition) is 12. The average Bonchev–Trinajstić information content (AvgIpc) is 2.95. The molecule has 2 aromatic heterocycles. The molecule has 0 saturated carbocycles. The van der Waals surface area contributed by atoms with E-state index < -0.39 is 42.9 Å². The molecule has 2 aliphatic heterocycles. The highest BCUT2D eigenvalue weighted by Gasteiger charge is 2.70. The van der Waals surface area contributed by atoms with Crippen LogP contribution < -0.4 is 10.5 Å². The van der Waals surface area contributed by atoms with Crippen molar-refractivity contribution in [3.8, 4) is 5.88 Å². The van der Waals surface area contributed by atoms with Gasteiger partial charge < -0.3 is 25.4 Å². The Balaban J connectivity index is 1.55. The molecular weight excluding hydrogens is 433 g/mol. The van der Waals surface area contributed by atoms with E-state index in [1.54, 1.807) is 20.8 Å². The third kappa shape index (κ3) is 3.60. The zero-order valence-corrected chi connectivity index (χ0v) is 18.3. The minimum absolute atomic E-state index is 0.00335. The van der Waals surface area contributed by atoms with E-state index in [9.17, 15) is 19.6 Å². The molecule has 14 heteroatoms. The lowest BCUT2D eigenvalue weighted by molar-refractivity contribution is -0.130.